The van der Waals surface area contributed by atoms with Gasteiger partial charge in [0.1, 0.15) is 18.2 Å². The van der Waals surface area contributed by atoms with E-state index in [1.807, 2.05) is 7.05 Å². The number of hydrogen-bond acceptors (Lipinski definition) is 6. The topological polar surface area (TPSA) is 126 Å². The van der Waals surface area contributed by atoms with Crippen LogP contribution in [0.25, 0.3) is 0 Å². The lowest BCUT2D eigenvalue weighted by Gasteiger charge is -2.25. The van der Waals surface area contributed by atoms with Gasteiger partial charge in [-0.05, 0) is 6.92 Å². The summed E-state index contributed by atoms with van der Waals surface area (Å²) in [4.78, 5) is 27.8. The molecule has 1 unspecified atom stereocenters. The van der Waals surface area contributed by atoms with Crippen LogP contribution in [0.3, 0.4) is 0 Å². The van der Waals surface area contributed by atoms with Gasteiger partial charge in [0.15, 0.2) is 5.82 Å². The molecule has 1 aromatic rings. The Balaban J connectivity index is 2.04. The van der Waals surface area contributed by atoms with Crippen LogP contribution in [0, 0.1) is 0 Å². The Morgan fingerprint density at radius 2 is 2.30 bits per heavy atom. The quantitative estimate of drug-likeness (QED) is 0.653. The summed E-state index contributed by atoms with van der Waals surface area (Å²) in [5.41, 5.74) is 6.64. The van der Waals surface area contributed by atoms with Gasteiger partial charge < -0.3 is 29.7 Å². The minimum Gasteiger partial charge on any atom is -0.364 e. The van der Waals surface area contributed by atoms with Gasteiger partial charge in [0, 0.05) is 7.05 Å². The molecule has 1 aliphatic rings. The maximum Gasteiger partial charge on any atom is 0.350 e. The summed E-state index contributed by atoms with van der Waals surface area (Å²) in [7, 11) is -2.35. The van der Waals surface area contributed by atoms with Gasteiger partial charge in [0.05, 0.1) is 25.3 Å². The molecule has 1 aliphatic heterocycles. The van der Waals surface area contributed by atoms with E-state index in [1.165, 1.54) is 0 Å². The largest absolute Gasteiger partial charge is 0.364 e. The van der Waals surface area contributed by atoms with Crippen LogP contribution in [0.5, 0.6) is 0 Å². The average Bonchev–Trinajstić information content (AvgIpc) is 2.74. The normalized spacial score (nSPS) is 20.1. The van der Waals surface area contributed by atoms with Gasteiger partial charge in [-0.3, -0.25) is 4.57 Å². The van der Waals surface area contributed by atoms with Crippen molar-refractivity contribution in [2.45, 2.75) is 25.7 Å². The monoisotopic (exact) mass is 303 g/mol. The Morgan fingerprint density at radius 1 is 1.60 bits per heavy atom. The van der Waals surface area contributed by atoms with E-state index in [2.05, 4.69) is 9.98 Å². The first-order valence-corrected chi connectivity index (χ1v) is 7.80. The molecule has 0 saturated heterocycles. The van der Waals surface area contributed by atoms with Crippen molar-refractivity contribution in [3.8, 4) is 0 Å². The number of aliphatic imine (C=N–C) groups is 1. The minimum atomic E-state index is -4.15. The molecule has 20 heavy (non-hydrogen) atoms. The van der Waals surface area contributed by atoms with Gasteiger partial charge in [-0.2, -0.15) is 0 Å². The van der Waals surface area contributed by atoms with Crippen molar-refractivity contribution in [3.63, 3.8) is 0 Å². The van der Waals surface area contributed by atoms with E-state index in [1.54, 1.807) is 29.1 Å². The average molecular weight is 303 g/mol. The summed E-state index contributed by atoms with van der Waals surface area (Å²) >= 11 is 0. The van der Waals surface area contributed by atoms with Crippen molar-refractivity contribution in [2.24, 2.45) is 10.7 Å². The van der Waals surface area contributed by atoms with Crippen molar-refractivity contribution in [2.75, 3.05) is 13.4 Å². The number of aromatic nitrogens is 2. The first-order chi connectivity index (χ1) is 9.28. The summed E-state index contributed by atoms with van der Waals surface area (Å²) < 4.78 is 17.6. The molecule has 0 aromatic carbocycles. The van der Waals surface area contributed by atoms with Gasteiger partial charge in [-0.25, -0.2) is 9.98 Å². The number of nitrogens with zero attached hydrogens (tertiary/aromatic N) is 4. The molecule has 2 rings (SSSR count). The van der Waals surface area contributed by atoms with E-state index in [9.17, 15) is 4.57 Å². The fraction of sp³-hybridized carbons (Fsp3) is 0.600. The zero-order chi connectivity index (χ0) is 14.9. The third-order valence-corrected chi connectivity index (χ3v) is 3.38. The van der Waals surface area contributed by atoms with E-state index in [4.69, 9.17) is 20.3 Å². The van der Waals surface area contributed by atoms with E-state index in [-0.39, 0.29) is 12.3 Å². The number of nitrogens with two attached hydrogens (primary N) is 1. The SMILES string of the molecule is C[C@H](Cn1cnc2c1N=CN(C)C2N)OCP(=O)(O)O. The molecular formula is C10H18N5O4P. The summed E-state index contributed by atoms with van der Waals surface area (Å²) in [6, 6.07) is 0. The smallest absolute Gasteiger partial charge is 0.350 e. The highest BCUT2D eigenvalue weighted by Gasteiger charge is 2.24. The van der Waals surface area contributed by atoms with E-state index in [0.29, 0.717) is 18.1 Å². The van der Waals surface area contributed by atoms with Gasteiger partial charge in [-0.1, -0.05) is 0 Å². The summed E-state index contributed by atoms with van der Waals surface area (Å²) in [6.07, 6.45) is 1.88. The first kappa shape index (κ1) is 15.1. The molecule has 0 radical (unpaired) electrons. The van der Waals surface area contributed by atoms with Gasteiger partial charge in [0.25, 0.3) is 0 Å². The maximum absolute atomic E-state index is 10.8. The van der Waals surface area contributed by atoms with Crippen LogP contribution >= 0.6 is 7.60 Å². The highest BCUT2D eigenvalue weighted by molar-refractivity contribution is 7.51. The fourth-order valence-electron chi connectivity index (χ4n) is 1.84. The third-order valence-electron chi connectivity index (χ3n) is 2.90. The Kier molecular flexibility index (Phi) is 4.26. The number of imidazole rings is 1. The van der Waals surface area contributed by atoms with Crippen LogP contribution < -0.4 is 5.73 Å². The lowest BCUT2D eigenvalue weighted by Crippen LogP contribution is -2.32. The van der Waals surface area contributed by atoms with Crippen LogP contribution in [0.2, 0.25) is 0 Å². The van der Waals surface area contributed by atoms with Crippen molar-refractivity contribution < 1.29 is 19.1 Å². The summed E-state index contributed by atoms with van der Waals surface area (Å²) in [6.45, 7) is 2.11. The Bertz CT molecular complexity index is 554. The van der Waals surface area contributed by atoms with Crippen LogP contribution in [0.1, 0.15) is 18.8 Å². The van der Waals surface area contributed by atoms with E-state index in [0.717, 1.165) is 0 Å². The Morgan fingerprint density at radius 3 is 2.95 bits per heavy atom. The predicted octanol–water partition coefficient (Wildman–Crippen LogP) is -0.0141. The zero-order valence-electron chi connectivity index (χ0n) is 11.2. The number of ether oxygens (including phenoxy) is 1. The van der Waals surface area contributed by atoms with Crippen molar-refractivity contribution in [1.82, 2.24) is 14.5 Å². The highest BCUT2D eigenvalue weighted by atomic mass is 31.2. The second kappa shape index (κ2) is 5.63. The first-order valence-electron chi connectivity index (χ1n) is 6.01. The summed E-state index contributed by atoms with van der Waals surface area (Å²) in [5, 5.41) is 0. The number of rotatable bonds is 5. The zero-order valence-corrected chi connectivity index (χ0v) is 12.1. The van der Waals surface area contributed by atoms with Gasteiger partial charge >= 0.3 is 7.60 Å². The molecule has 10 heteroatoms. The van der Waals surface area contributed by atoms with Crippen molar-refractivity contribution >= 4 is 19.8 Å². The maximum atomic E-state index is 10.8. The summed E-state index contributed by atoms with van der Waals surface area (Å²) in [5.74, 6) is 0.641. The molecule has 0 spiro atoms. The standard InChI is InChI=1S/C10H18N5O4P/c1-7(19-6-20(16,17)18)3-15-5-12-8-9(11)14(2)4-13-10(8)15/h4-5,7,9H,3,6,11H2,1-2H3,(H2,16,17,18)/t7-,9?/m1/s1. The predicted molar refractivity (Wildman–Crippen MR) is 72.5 cm³/mol. The highest BCUT2D eigenvalue weighted by Crippen LogP contribution is 2.34. The minimum absolute atomic E-state index is 0.352. The van der Waals surface area contributed by atoms with Crippen LogP contribution in [-0.2, 0) is 15.8 Å². The second-order valence-corrected chi connectivity index (χ2v) is 6.32. The molecule has 1 aromatic heterocycles. The number of fused-ring (bicyclic) bond motifs is 1. The Labute approximate surface area is 116 Å². The van der Waals surface area contributed by atoms with Crippen molar-refractivity contribution in [1.29, 1.82) is 0 Å². The van der Waals surface area contributed by atoms with Crippen LogP contribution in [0.4, 0.5) is 5.82 Å². The molecule has 2 heterocycles. The molecule has 0 aliphatic carbocycles. The molecule has 0 fully saturated rings. The lowest BCUT2D eigenvalue weighted by molar-refractivity contribution is 0.0760. The fourth-order valence-corrected chi connectivity index (χ4v) is 2.29. The number of hydrogen-bond donors (Lipinski definition) is 3. The molecule has 112 valence electrons. The molecule has 2 atom stereocenters. The molecule has 4 N–H and O–H groups in total. The molecule has 0 saturated carbocycles. The lowest BCUT2D eigenvalue weighted by atomic mass is 10.3. The molecular weight excluding hydrogens is 285 g/mol. The van der Waals surface area contributed by atoms with Crippen molar-refractivity contribution in [3.05, 3.63) is 12.0 Å². The third kappa shape index (κ3) is 3.44. The van der Waals surface area contributed by atoms with Gasteiger partial charge in [0.2, 0.25) is 0 Å². The molecule has 0 bridgehead atoms. The van der Waals surface area contributed by atoms with Gasteiger partial charge in [-0.15, -0.1) is 0 Å². The second-order valence-electron chi connectivity index (χ2n) is 4.73. The molecule has 9 nitrogen and oxygen atoms in total. The van der Waals surface area contributed by atoms with Crippen LogP contribution in [0.15, 0.2) is 11.3 Å². The van der Waals surface area contributed by atoms with E-state index < -0.39 is 13.9 Å². The van der Waals surface area contributed by atoms with E-state index >= 15 is 0 Å². The molecule has 0 amide bonds. The Hall–Kier alpha value is -1.25. The van der Waals surface area contributed by atoms with Crippen LogP contribution in [-0.4, -0.2) is 50.1 Å².